The van der Waals surface area contributed by atoms with Crippen LogP contribution >= 0.6 is 0 Å². The van der Waals surface area contributed by atoms with Crippen LogP contribution in [0.4, 0.5) is 17.1 Å². The molecule has 1 heterocycles. The molecule has 4 aromatic rings. The van der Waals surface area contributed by atoms with Gasteiger partial charge >= 0.3 is 11.9 Å². The number of carbonyl (C=O) groups excluding carboxylic acids is 4. The largest absolute Gasteiger partial charge is 0.444 e. The summed E-state index contributed by atoms with van der Waals surface area (Å²) >= 11 is 0. The lowest BCUT2D eigenvalue weighted by Crippen LogP contribution is -2.37. The van der Waals surface area contributed by atoms with Crippen molar-refractivity contribution in [1.82, 2.24) is 0 Å². The Morgan fingerprint density at radius 2 is 0.923 bits per heavy atom. The van der Waals surface area contributed by atoms with E-state index >= 15 is 0 Å². The third kappa shape index (κ3) is 5.62. The highest BCUT2D eigenvalue weighted by atomic mass is 16.6. The topological polar surface area (TPSA) is 115 Å². The Morgan fingerprint density at radius 3 is 1.36 bits per heavy atom. The number of amides is 2. The van der Waals surface area contributed by atoms with Crippen molar-refractivity contribution < 1.29 is 28.7 Å². The Bertz CT molecular complexity index is 1450. The van der Waals surface area contributed by atoms with Gasteiger partial charge in [0.05, 0.1) is 28.2 Å². The monoisotopic (exact) mass is 519 g/mol. The summed E-state index contributed by atoms with van der Waals surface area (Å²) in [6, 6.07) is 31.3. The SMILES string of the molecule is O=C(O[C@H]1C(=O)N(c2ccc(N=Nc3ccccc3)cc2)C(=O)[C@@H]1OC(=O)c1ccccc1)c1ccccc1. The van der Waals surface area contributed by atoms with Gasteiger partial charge in [-0.25, -0.2) is 14.5 Å². The fourth-order valence-corrected chi connectivity index (χ4v) is 3.89. The molecule has 9 nitrogen and oxygen atoms in total. The van der Waals surface area contributed by atoms with Gasteiger partial charge in [-0.3, -0.25) is 9.59 Å². The van der Waals surface area contributed by atoms with Crippen molar-refractivity contribution in [2.24, 2.45) is 10.2 Å². The van der Waals surface area contributed by atoms with Crippen molar-refractivity contribution in [2.75, 3.05) is 4.90 Å². The molecule has 39 heavy (non-hydrogen) atoms. The van der Waals surface area contributed by atoms with E-state index < -0.39 is 36.0 Å². The van der Waals surface area contributed by atoms with Gasteiger partial charge in [0, 0.05) is 0 Å². The van der Waals surface area contributed by atoms with Gasteiger partial charge in [0.1, 0.15) is 0 Å². The number of nitrogens with zero attached hydrogens (tertiary/aromatic N) is 3. The van der Waals surface area contributed by atoms with Gasteiger partial charge in [-0.1, -0.05) is 54.6 Å². The number of benzene rings is 4. The predicted molar refractivity (Wildman–Crippen MR) is 141 cm³/mol. The van der Waals surface area contributed by atoms with Crippen molar-refractivity contribution in [3.8, 4) is 0 Å². The van der Waals surface area contributed by atoms with Gasteiger partial charge in [0.2, 0.25) is 12.2 Å². The summed E-state index contributed by atoms with van der Waals surface area (Å²) in [6.07, 6.45) is -3.34. The van der Waals surface area contributed by atoms with Crippen LogP contribution < -0.4 is 4.90 Å². The summed E-state index contributed by atoms with van der Waals surface area (Å²) in [5.41, 5.74) is 1.70. The molecular formula is C30H21N3O6. The molecule has 4 aromatic carbocycles. The molecule has 0 radical (unpaired) electrons. The van der Waals surface area contributed by atoms with Crippen LogP contribution in [0.1, 0.15) is 20.7 Å². The first-order valence-electron chi connectivity index (χ1n) is 12.0. The van der Waals surface area contributed by atoms with E-state index in [2.05, 4.69) is 10.2 Å². The second-order valence-electron chi connectivity index (χ2n) is 8.45. The fraction of sp³-hybridized carbons (Fsp3) is 0.0667. The average molecular weight is 520 g/mol. The minimum absolute atomic E-state index is 0.178. The molecule has 1 fully saturated rings. The molecule has 5 rings (SSSR count). The fourth-order valence-electron chi connectivity index (χ4n) is 3.89. The van der Waals surface area contributed by atoms with Crippen LogP contribution in [0.15, 0.2) is 125 Å². The minimum atomic E-state index is -1.67. The maximum Gasteiger partial charge on any atom is 0.339 e. The van der Waals surface area contributed by atoms with Crippen molar-refractivity contribution in [1.29, 1.82) is 0 Å². The number of imide groups is 1. The van der Waals surface area contributed by atoms with Crippen LogP contribution in [0.2, 0.25) is 0 Å². The number of anilines is 1. The number of hydrogen-bond donors (Lipinski definition) is 0. The Hall–Kier alpha value is -5.44. The molecule has 2 amide bonds. The molecule has 0 aromatic heterocycles. The first kappa shape index (κ1) is 25.2. The van der Waals surface area contributed by atoms with Crippen molar-refractivity contribution in [3.63, 3.8) is 0 Å². The molecule has 1 aliphatic rings. The van der Waals surface area contributed by atoms with Gasteiger partial charge in [-0.05, 0) is 60.7 Å². The first-order chi connectivity index (χ1) is 19.0. The third-order valence-electron chi connectivity index (χ3n) is 5.83. The summed E-state index contributed by atoms with van der Waals surface area (Å²) < 4.78 is 10.9. The summed E-state index contributed by atoms with van der Waals surface area (Å²) in [4.78, 5) is 53.2. The van der Waals surface area contributed by atoms with Crippen LogP contribution in [0.5, 0.6) is 0 Å². The zero-order valence-electron chi connectivity index (χ0n) is 20.4. The number of hydrogen-bond acceptors (Lipinski definition) is 8. The van der Waals surface area contributed by atoms with Gasteiger partial charge in [-0.2, -0.15) is 10.2 Å². The Morgan fingerprint density at radius 1 is 0.538 bits per heavy atom. The molecule has 0 spiro atoms. The third-order valence-corrected chi connectivity index (χ3v) is 5.83. The molecule has 0 unspecified atom stereocenters. The number of ether oxygens (including phenoxy) is 2. The van der Waals surface area contributed by atoms with Gasteiger partial charge in [0.15, 0.2) is 0 Å². The highest BCUT2D eigenvalue weighted by Crippen LogP contribution is 2.30. The zero-order chi connectivity index (χ0) is 27.2. The van der Waals surface area contributed by atoms with E-state index in [0.717, 1.165) is 4.90 Å². The highest BCUT2D eigenvalue weighted by Gasteiger charge is 2.53. The number of rotatable bonds is 7. The Labute approximate surface area is 223 Å². The van der Waals surface area contributed by atoms with Crippen molar-refractivity contribution >= 4 is 40.8 Å². The quantitative estimate of drug-likeness (QED) is 0.183. The summed E-state index contributed by atoms with van der Waals surface area (Å²) in [5.74, 6) is -3.34. The highest BCUT2D eigenvalue weighted by molar-refractivity contribution is 6.25. The second kappa shape index (κ2) is 11.3. The first-order valence-corrected chi connectivity index (χ1v) is 12.0. The molecule has 0 N–H and O–H groups in total. The van der Waals surface area contributed by atoms with E-state index in [1.54, 1.807) is 60.7 Å². The normalized spacial score (nSPS) is 16.9. The van der Waals surface area contributed by atoms with Crippen LogP contribution in [-0.4, -0.2) is 36.0 Å². The molecule has 0 saturated carbocycles. The predicted octanol–water partition coefficient (Wildman–Crippen LogP) is 5.43. The Balaban J connectivity index is 1.40. The molecule has 0 bridgehead atoms. The summed E-state index contributed by atoms with van der Waals surface area (Å²) in [6.45, 7) is 0. The van der Waals surface area contributed by atoms with Crippen LogP contribution in [0.3, 0.4) is 0 Å². The number of azo groups is 1. The van der Waals surface area contributed by atoms with Crippen LogP contribution in [0, 0.1) is 0 Å². The number of carbonyl (C=O) groups is 4. The lowest BCUT2D eigenvalue weighted by molar-refractivity contribution is -0.130. The summed E-state index contributed by atoms with van der Waals surface area (Å²) in [7, 11) is 0. The molecular weight excluding hydrogens is 498 g/mol. The molecule has 192 valence electrons. The maximum atomic E-state index is 13.4. The van der Waals surface area contributed by atoms with E-state index in [9.17, 15) is 19.2 Å². The molecule has 9 heteroatoms. The summed E-state index contributed by atoms with van der Waals surface area (Å²) in [5, 5.41) is 8.30. The van der Waals surface area contributed by atoms with Gasteiger partial charge in [-0.15, -0.1) is 0 Å². The van der Waals surface area contributed by atoms with Crippen LogP contribution in [0.25, 0.3) is 0 Å². The maximum absolute atomic E-state index is 13.4. The number of esters is 2. The molecule has 1 saturated heterocycles. The lowest BCUT2D eigenvalue weighted by Gasteiger charge is -2.16. The standard InChI is InChI=1S/C30H21N3O6/c34-27-25(38-29(36)20-10-4-1-5-11-20)26(39-30(37)21-12-6-2-7-13-21)28(35)33(27)24-18-16-23(17-19-24)32-31-22-14-8-3-9-15-22/h1-19,25-26H/t25-,26-/m1/s1. The molecule has 0 aliphatic carbocycles. The van der Waals surface area contributed by atoms with E-state index in [1.165, 1.54) is 36.4 Å². The van der Waals surface area contributed by atoms with E-state index in [4.69, 9.17) is 9.47 Å². The Kier molecular flexibility index (Phi) is 7.31. The van der Waals surface area contributed by atoms with Gasteiger partial charge < -0.3 is 9.47 Å². The zero-order valence-corrected chi connectivity index (χ0v) is 20.4. The minimum Gasteiger partial charge on any atom is -0.444 e. The second-order valence-corrected chi connectivity index (χ2v) is 8.45. The van der Waals surface area contributed by atoms with E-state index in [1.807, 2.05) is 18.2 Å². The average Bonchev–Trinajstić information content (AvgIpc) is 3.21. The smallest absolute Gasteiger partial charge is 0.339 e. The van der Waals surface area contributed by atoms with Gasteiger partial charge in [0.25, 0.3) is 11.8 Å². The van der Waals surface area contributed by atoms with E-state index in [-0.39, 0.29) is 16.8 Å². The van der Waals surface area contributed by atoms with Crippen molar-refractivity contribution in [2.45, 2.75) is 12.2 Å². The molecule has 1 aliphatic heterocycles. The van der Waals surface area contributed by atoms with Crippen molar-refractivity contribution in [3.05, 3.63) is 126 Å². The van der Waals surface area contributed by atoms with E-state index in [0.29, 0.717) is 11.4 Å². The lowest BCUT2D eigenvalue weighted by atomic mass is 10.2. The molecule has 2 atom stereocenters. The van der Waals surface area contributed by atoms with Crippen LogP contribution in [-0.2, 0) is 19.1 Å².